The van der Waals surface area contributed by atoms with Crippen molar-refractivity contribution in [2.75, 3.05) is 5.73 Å². The van der Waals surface area contributed by atoms with Crippen molar-refractivity contribution in [1.82, 2.24) is 10.2 Å². The summed E-state index contributed by atoms with van der Waals surface area (Å²) in [7, 11) is 0. The summed E-state index contributed by atoms with van der Waals surface area (Å²) in [5.41, 5.74) is 4.99. The van der Waals surface area contributed by atoms with Crippen molar-refractivity contribution < 1.29 is 4.92 Å². The number of hydrogen-bond donors (Lipinski definition) is 1. The van der Waals surface area contributed by atoms with Crippen molar-refractivity contribution in [3.63, 3.8) is 0 Å². The van der Waals surface area contributed by atoms with E-state index in [9.17, 15) is 10.1 Å². The maximum absolute atomic E-state index is 10.1. The van der Waals surface area contributed by atoms with Crippen LogP contribution in [0.4, 0.5) is 11.4 Å². The third-order valence-corrected chi connectivity index (χ3v) is 0.936. The Morgan fingerprint density at radius 3 is 2.50 bits per heavy atom. The van der Waals surface area contributed by atoms with Gasteiger partial charge in [-0.05, 0) is 0 Å². The van der Waals surface area contributed by atoms with Gasteiger partial charge >= 0.3 is 5.69 Å². The van der Waals surface area contributed by atoms with Gasteiger partial charge in [0.15, 0.2) is 0 Å². The van der Waals surface area contributed by atoms with Gasteiger partial charge in [0.05, 0.1) is 11.1 Å². The summed E-state index contributed by atoms with van der Waals surface area (Å²) in [6.07, 6.45) is 2.15. The van der Waals surface area contributed by atoms with E-state index in [-0.39, 0.29) is 11.4 Å². The van der Waals surface area contributed by atoms with E-state index in [1.54, 1.807) is 0 Å². The fourth-order valence-corrected chi connectivity index (χ4v) is 0.477. The summed E-state index contributed by atoms with van der Waals surface area (Å²) in [5.74, 6) is 0. The van der Waals surface area contributed by atoms with Gasteiger partial charge in [-0.15, -0.1) is 0 Å². The molecule has 0 aliphatic carbocycles. The van der Waals surface area contributed by atoms with E-state index in [4.69, 9.17) is 5.73 Å². The molecule has 52 valence electrons. The summed E-state index contributed by atoms with van der Waals surface area (Å²) in [4.78, 5) is 9.47. The molecule has 1 aromatic rings. The highest BCUT2D eigenvalue weighted by atomic mass is 16.6. The molecule has 0 aliphatic heterocycles. The Hall–Kier alpha value is -1.72. The highest BCUT2D eigenvalue weighted by molar-refractivity contribution is 5.53. The topological polar surface area (TPSA) is 94.9 Å². The van der Waals surface area contributed by atoms with E-state index in [2.05, 4.69) is 10.2 Å². The lowest BCUT2D eigenvalue weighted by Gasteiger charge is -1.91. The van der Waals surface area contributed by atoms with Crippen LogP contribution >= 0.6 is 0 Å². The molecule has 0 aliphatic rings. The van der Waals surface area contributed by atoms with Crippen molar-refractivity contribution in [1.29, 1.82) is 0 Å². The number of nitrogen functional groups attached to an aromatic ring is 1. The largest absolute Gasteiger partial charge is 0.392 e. The smallest absolute Gasteiger partial charge is 0.313 e. The lowest BCUT2D eigenvalue weighted by Crippen LogP contribution is -1.96. The van der Waals surface area contributed by atoms with Gasteiger partial charge in [0.2, 0.25) is 0 Å². The quantitative estimate of drug-likeness (QED) is 0.436. The highest BCUT2D eigenvalue weighted by Crippen LogP contribution is 2.15. The van der Waals surface area contributed by atoms with E-state index in [0.29, 0.717) is 0 Å². The summed E-state index contributed by atoms with van der Waals surface area (Å²) in [6, 6.07) is 0. The zero-order valence-electron chi connectivity index (χ0n) is 4.89. The fraction of sp³-hybridized carbons (Fsp3) is 0. The van der Waals surface area contributed by atoms with Crippen LogP contribution in [0.25, 0.3) is 0 Å². The molecule has 1 heterocycles. The predicted molar refractivity (Wildman–Crippen MR) is 33.1 cm³/mol. The molecule has 0 fully saturated rings. The van der Waals surface area contributed by atoms with Gasteiger partial charge in [-0.1, -0.05) is 0 Å². The number of anilines is 1. The normalized spacial score (nSPS) is 9.20. The summed E-state index contributed by atoms with van der Waals surface area (Å²) in [5, 5.41) is 16.7. The zero-order chi connectivity index (χ0) is 7.56. The number of nitrogens with zero attached hydrogens (tertiary/aromatic N) is 3. The van der Waals surface area contributed by atoms with Gasteiger partial charge in [0.25, 0.3) is 0 Å². The van der Waals surface area contributed by atoms with Crippen molar-refractivity contribution in [2.45, 2.75) is 0 Å². The SMILES string of the molecule is Nc1cnncc1[N+](=O)[O-]. The third kappa shape index (κ3) is 0.993. The Morgan fingerprint density at radius 1 is 1.50 bits per heavy atom. The van der Waals surface area contributed by atoms with E-state index in [0.717, 1.165) is 12.4 Å². The van der Waals surface area contributed by atoms with Crippen LogP contribution in [0.5, 0.6) is 0 Å². The molecule has 6 heteroatoms. The van der Waals surface area contributed by atoms with Crippen LogP contribution in [0.1, 0.15) is 0 Å². The van der Waals surface area contributed by atoms with Gasteiger partial charge in [-0.3, -0.25) is 10.1 Å². The lowest BCUT2D eigenvalue weighted by molar-refractivity contribution is -0.384. The number of rotatable bonds is 1. The second kappa shape index (κ2) is 2.26. The van der Waals surface area contributed by atoms with Crippen LogP contribution in [0.2, 0.25) is 0 Å². The number of aromatic nitrogens is 2. The Labute approximate surface area is 55.8 Å². The molecule has 0 bridgehead atoms. The molecule has 2 N–H and O–H groups in total. The average Bonchev–Trinajstić information content (AvgIpc) is 1.88. The van der Waals surface area contributed by atoms with Gasteiger partial charge in [-0.2, -0.15) is 10.2 Å². The van der Waals surface area contributed by atoms with Gasteiger partial charge in [0.1, 0.15) is 11.9 Å². The first-order chi connectivity index (χ1) is 4.72. The lowest BCUT2D eigenvalue weighted by atomic mass is 10.4. The summed E-state index contributed by atoms with van der Waals surface area (Å²) in [6.45, 7) is 0. The van der Waals surface area contributed by atoms with Crippen LogP contribution in [0.3, 0.4) is 0 Å². The number of nitro groups is 1. The molecule has 1 rings (SSSR count). The van der Waals surface area contributed by atoms with Crippen molar-refractivity contribution in [2.24, 2.45) is 0 Å². The molecule has 0 saturated heterocycles. The Morgan fingerprint density at radius 2 is 2.10 bits per heavy atom. The average molecular weight is 140 g/mol. The Kier molecular flexibility index (Phi) is 1.44. The van der Waals surface area contributed by atoms with Crippen molar-refractivity contribution in [3.8, 4) is 0 Å². The first kappa shape index (κ1) is 6.40. The first-order valence-electron chi connectivity index (χ1n) is 2.42. The Balaban J connectivity index is 3.15. The Bertz CT molecular complexity index is 261. The molecule has 0 atom stereocenters. The van der Waals surface area contributed by atoms with Crippen LogP contribution < -0.4 is 5.73 Å². The molecular weight excluding hydrogens is 136 g/mol. The summed E-state index contributed by atoms with van der Waals surface area (Å²) >= 11 is 0. The minimum atomic E-state index is -0.607. The molecule has 0 amide bonds. The monoisotopic (exact) mass is 140 g/mol. The first-order valence-corrected chi connectivity index (χ1v) is 2.42. The molecule has 0 saturated carbocycles. The zero-order valence-corrected chi connectivity index (χ0v) is 4.89. The number of nitrogens with two attached hydrogens (primary N) is 1. The maximum atomic E-state index is 10.1. The van der Waals surface area contributed by atoms with Crippen LogP contribution in [0, 0.1) is 10.1 Å². The predicted octanol–water partition coefficient (Wildman–Crippen LogP) is -0.0330. The molecule has 0 spiro atoms. The number of hydrogen-bond acceptors (Lipinski definition) is 5. The molecule has 6 nitrogen and oxygen atoms in total. The maximum Gasteiger partial charge on any atom is 0.313 e. The van der Waals surface area contributed by atoms with Crippen LogP contribution in [-0.2, 0) is 0 Å². The van der Waals surface area contributed by atoms with Gasteiger partial charge < -0.3 is 5.73 Å². The second-order valence-corrected chi connectivity index (χ2v) is 1.59. The van der Waals surface area contributed by atoms with Crippen molar-refractivity contribution in [3.05, 3.63) is 22.5 Å². The third-order valence-electron chi connectivity index (χ3n) is 0.936. The van der Waals surface area contributed by atoms with Gasteiger partial charge in [-0.25, -0.2) is 0 Å². The van der Waals surface area contributed by atoms with Crippen LogP contribution in [0.15, 0.2) is 12.4 Å². The molecule has 10 heavy (non-hydrogen) atoms. The second-order valence-electron chi connectivity index (χ2n) is 1.59. The highest BCUT2D eigenvalue weighted by Gasteiger charge is 2.09. The summed E-state index contributed by atoms with van der Waals surface area (Å²) < 4.78 is 0. The fourth-order valence-electron chi connectivity index (χ4n) is 0.477. The minimum absolute atomic E-state index is 0.0278. The van der Waals surface area contributed by atoms with E-state index in [1.165, 1.54) is 0 Å². The standard InChI is InChI=1S/C4H4N4O2/c5-3-1-6-7-2-4(3)8(9)10/h1-2H,(H2,5,7). The van der Waals surface area contributed by atoms with Crippen molar-refractivity contribution >= 4 is 11.4 Å². The minimum Gasteiger partial charge on any atom is -0.392 e. The van der Waals surface area contributed by atoms with E-state index >= 15 is 0 Å². The molecule has 0 aromatic carbocycles. The van der Waals surface area contributed by atoms with E-state index < -0.39 is 4.92 Å². The van der Waals surface area contributed by atoms with Gasteiger partial charge in [0, 0.05) is 0 Å². The van der Waals surface area contributed by atoms with E-state index in [1.807, 2.05) is 0 Å². The molecule has 0 unspecified atom stereocenters. The molecule has 1 aromatic heterocycles. The molecular formula is C4H4N4O2. The molecule has 0 radical (unpaired) electrons. The van der Waals surface area contributed by atoms with Crippen LogP contribution in [-0.4, -0.2) is 15.1 Å².